The van der Waals surface area contributed by atoms with Crippen LogP contribution in [0.4, 0.5) is 11.4 Å². The number of allylic oxidation sites excluding steroid dienone is 3. The Bertz CT molecular complexity index is 2650. The Morgan fingerprint density at radius 2 is 1.50 bits per heavy atom. The molecule has 0 spiro atoms. The predicted molar refractivity (Wildman–Crippen MR) is 230 cm³/mol. The zero-order valence-corrected chi connectivity index (χ0v) is 35.3. The third kappa shape index (κ3) is 7.28. The van der Waals surface area contributed by atoms with Crippen molar-refractivity contribution in [2.75, 3.05) is 23.3 Å². The molecule has 8 rings (SSSR count). The van der Waals surface area contributed by atoms with E-state index in [1.807, 2.05) is 13.8 Å². The van der Waals surface area contributed by atoms with Gasteiger partial charge in [0.05, 0.1) is 35.2 Å². The average Bonchev–Trinajstić information content (AvgIpc) is 3.50. The van der Waals surface area contributed by atoms with Crippen LogP contribution in [0.3, 0.4) is 0 Å². The molecule has 9 atom stereocenters. The minimum atomic E-state index is -1.88. The van der Waals surface area contributed by atoms with Gasteiger partial charge in [-0.3, -0.25) is 14.4 Å². The highest BCUT2D eigenvalue weighted by atomic mass is 16.7. The van der Waals surface area contributed by atoms with E-state index in [9.17, 15) is 39.9 Å². The van der Waals surface area contributed by atoms with Crippen molar-refractivity contribution in [3.63, 3.8) is 0 Å². The molecule has 0 saturated carbocycles. The van der Waals surface area contributed by atoms with E-state index in [2.05, 4.69) is 10.2 Å². The van der Waals surface area contributed by atoms with Crippen molar-refractivity contribution in [3.8, 4) is 11.5 Å². The highest BCUT2D eigenvalue weighted by Gasteiger charge is 2.44. The van der Waals surface area contributed by atoms with Gasteiger partial charge in [0, 0.05) is 72.1 Å². The van der Waals surface area contributed by atoms with Gasteiger partial charge >= 0.3 is 5.79 Å². The molecule has 6 N–H and O–H groups in total. The Morgan fingerprint density at radius 1 is 0.833 bits per heavy atom. The molecule has 5 heterocycles. The lowest BCUT2D eigenvalue weighted by atomic mass is 9.77. The lowest BCUT2D eigenvalue weighted by Crippen LogP contribution is -2.43. The summed E-state index contributed by atoms with van der Waals surface area (Å²) in [6.45, 7) is 14.9. The van der Waals surface area contributed by atoms with E-state index in [-0.39, 0.29) is 66.7 Å². The van der Waals surface area contributed by atoms with Crippen LogP contribution in [0, 0.1) is 36.5 Å². The zero-order valence-electron chi connectivity index (χ0n) is 35.3. The maximum atomic E-state index is 14.7. The number of benzene rings is 3. The van der Waals surface area contributed by atoms with Gasteiger partial charge in [-0.25, -0.2) is 4.98 Å². The van der Waals surface area contributed by atoms with Crippen LogP contribution in [-0.2, 0) is 9.53 Å². The minimum absolute atomic E-state index is 0.00292. The highest BCUT2D eigenvalue weighted by Crippen LogP contribution is 2.42. The molecule has 1 fully saturated rings. The summed E-state index contributed by atoms with van der Waals surface area (Å²) >= 11 is 0. The SMILES string of the molecule is C/C1=C/C=C/[C@H](C)[C@H](O)[C@@H](C)[C@@H](O)[C@@H](C)[C@H](O)[C@H](C)[C@@H](C)/C=C/O[C@@]2(C)Oc3c(C)c(O)c4c(=O)c(c5oc6cc(N7CCCCC7)cc(=O)c6nc5c4c3=C2O)NC1=O. The van der Waals surface area contributed by atoms with Crippen molar-refractivity contribution in [3.05, 3.63) is 79.5 Å². The number of hydrogen-bond donors (Lipinski definition) is 6. The molecular weight excluding hydrogens is 771 g/mol. The monoisotopic (exact) mass is 825 g/mol. The average molecular weight is 826 g/mol. The minimum Gasteiger partial charge on any atom is -0.507 e. The largest absolute Gasteiger partial charge is 0.507 e. The second-order valence-electron chi connectivity index (χ2n) is 17.2. The molecule has 4 aliphatic heterocycles. The van der Waals surface area contributed by atoms with Gasteiger partial charge < -0.3 is 49.6 Å². The number of carbonyl (C=O) groups is 1. The van der Waals surface area contributed by atoms with E-state index in [4.69, 9.17) is 18.9 Å². The van der Waals surface area contributed by atoms with Crippen molar-refractivity contribution < 1.29 is 44.2 Å². The number of piperidine rings is 1. The quantitative estimate of drug-likeness (QED) is 0.102. The van der Waals surface area contributed by atoms with Crippen LogP contribution >= 0.6 is 0 Å². The third-order valence-electron chi connectivity index (χ3n) is 13.0. The number of rotatable bonds is 1. The Hall–Kier alpha value is -5.44. The topological polar surface area (TPSA) is 212 Å². The van der Waals surface area contributed by atoms with Gasteiger partial charge in [0.2, 0.25) is 10.9 Å². The summed E-state index contributed by atoms with van der Waals surface area (Å²) in [7, 11) is 0. The number of phenolic OH excluding ortho intramolecular Hbond substituents is 1. The molecule has 4 aromatic rings. The summed E-state index contributed by atoms with van der Waals surface area (Å²) in [4.78, 5) is 49.2. The lowest BCUT2D eigenvalue weighted by molar-refractivity contribution is -0.112. The van der Waals surface area contributed by atoms with E-state index in [1.165, 1.54) is 39.2 Å². The third-order valence-corrected chi connectivity index (χ3v) is 13.0. The van der Waals surface area contributed by atoms with Crippen LogP contribution in [0.25, 0.3) is 38.7 Å². The van der Waals surface area contributed by atoms with Crippen molar-refractivity contribution >= 4 is 56.0 Å². The maximum Gasteiger partial charge on any atom is 0.307 e. The van der Waals surface area contributed by atoms with Crippen molar-refractivity contribution in [2.24, 2.45) is 29.6 Å². The van der Waals surface area contributed by atoms with Gasteiger partial charge in [-0.2, -0.15) is 0 Å². The number of hydrogen-bond acceptors (Lipinski definition) is 13. The summed E-state index contributed by atoms with van der Waals surface area (Å²) in [5.74, 6) is -5.96. The Morgan fingerprint density at radius 3 is 2.20 bits per heavy atom. The summed E-state index contributed by atoms with van der Waals surface area (Å²) in [5, 5.41) is 59.9. The summed E-state index contributed by atoms with van der Waals surface area (Å²) < 4.78 is 18.8. The first-order chi connectivity index (χ1) is 28.4. The standard InChI is InChI=1S/C46H55N3O11/c1-21-15-18-58-46(8)44(56)33-31-32(40(54)27(7)42(33)60-46)41(55)36(43-35(31)47-34-29(50)19-28(20-30(34)59-43)49-16-10-9-11-17-49)48-45(57)23(3)14-12-13-22(2)37(51)25(5)39(53)26(6)38(52)24(21)4/h12-15,18-22,24-26,37-39,51-54,56H,9-11,16-17H2,1-8H3,(H,48,57)/b13-12+,18-15+,23-14-/t21-,22-,24+,25+,26-,37-,38+,39+,46-/m0/s1. The van der Waals surface area contributed by atoms with Crippen LogP contribution in [0.15, 0.2) is 62.3 Å². The van der Waals surface area contributed by atoms with Gasteiger partial charge in [-0.05, 0) is 51.0 Å². The predicted octanol–water partition coefficient (Wildman–Crippen LogP) is 5.60. The number of aromatic nitrogens is 1. The Kier molecular flexibility index (Phi) is 11.5. The van der Waals surface area contributed by atoms with Gasteiger partial charge in [0.25, 0.3) is 5.91 Å². The van der Waals surface area contributed by atoms with Gasteiger partial charge in [0.15, 0.2) is 22.4 Å². The molecule has 320 valence electrons. The number of ether oxygens (including phenoxy) is 2. The van der Waals surface area contributed by atoms with Crippen molar-refractivity contribution in [1.82, 2.24) is 4.98 Å². The molecule has 1 saturated heterocycles. The van der Waals surface area contributed by atoms with E-state index >= 15 is 0 Å². The number of carbonyl (C=O) groups excluding carboxylic acids is 1. The first kappa shape index (κ1) is 42.7. The smallest absolute Gasteiger partial charge is 0.307 e. The molecule has 14 heteroatoms. The molecular formula is C46H55N3O11. The second kappa shape index (κ2) is 16.2. The van der Waals surface area contributed by atoms with E-state index in [1.54, 1.807) is 45.1 Å². The fraction of sp³-hybridized carbons (Fsp3) is 0.478. The van der Waals surface area contributed by atoms with Crippen LogP contribution in [0.5, 0.6) is 11.5 Å². The highest BCUT2D eigenvalue weighted by molar-refractivity contribution is 6.16. The molecule has 14 nitrogen and oxygen atoms in total. The maximum absolute atomic E-state index is 14.7. The first-order valence-corrected chi connectivity index (χ1v) is 20.7. The first-order valence-electron chi connectivity index (χ1n) is 20.7. The van der Waals surface area contributed by atoms with E-state index in [0.29, 0.717) is 5.69 Å². The van der Waals surface area contributed by atoms with Gasteiger partial charge in [-0.1, -0.05) is 52.8 Å². The number of amides is 1. The number of aromatic hydroxyl groups is 1. The molecule has 0 unspecified atom stereocenters. The van der Waals surface area contributed by atoms with Gasteiger partial charge in [0.1, 0.15) is 22.7 Å². The molecule has 1 aromatic heterocycles. The molecule has 4 aliphatic rings. The molecule has 1 amide bonds. The molecule has 0 radical (unpaired) electrons. The summed E-state index contributed by atoms with van der Waals surface area (Å²) in [6, 6.07) is 3.17. The Balaban J connectivity index is 1.49. The normalized spacial score (nSPS) is 31.5. The van der Waals surface area contributed by atoms with Crippen LogP contribution < -0.4 is 31.0 Å². The van der Waals surface area contributed by atoms with Crippen LogP contribution in [0.2, 0.25) is 0 Å². The Labute approximate surface area is 347 Å². The van der Waals surface area contributed by atoms with E-state index in [0.717, 1.165) is 32.4 Å². The number of aliphatic hydroxyl groups excluding tert-OH is 4. The summed E-state index contributed by atoms with van der Waals surface area (Å²) in [6.07, 6.45) is 7.76. The van der Waals surface area contributed by atoms with Crippen LogP contribution in [-0.4, -0.2) is 73.6 Å². The number of anilines is 2. The zero-order chi connectivity index (χ0) is 43.5. The summed E-state index contributed by atoms with van der Waals surface area (Å²) in [5.41, 5.74) is -1.04. The van der Waals surface area contributed by atoms with E-state index < -0.39 is 76.0 Å². The second-order valence-corrected chi connectivity index (χ2v) is 17.2. The number of phenols is 1. The number of fused-ring (bicyclic) bond motifs is 14. The number of nitrogens with zero attached hydrogens (tertiary/aromatic N) is 2. The fourth-order valence-corrected chi connectivity index (χ4v) is 8.69. The van der Waals surface area contributed by atoms with Crippen molar-refractivity contribution in [2.45, 2.75) is 98.8 Å². The van der Waals surface area contributed by atoms with Crippen LogP contribution in [0.1, 0.15) is 73.3 Å². The molecule has 3 aromatic carbocycles. The fourth-order valence-electron chi connectivity index (χ4n) is 8.69. The lowest BCUT2D eigenvalue weighted by Gasteiger charge is -2.36. The van der Waals surface area contributed by atoms with Gasteiger partial charge in [-0.15, -0.1) is 0 Å². The number of nitrogens with one attached hydrogen (secondary N) is 1. The molecule has 5 bridgehead atoms. The number of aliphatic hydroxyl groups is 4. The molecule has 0 aliphatic carbocycles. The molecule has 60 heavy (non-hydrogen) atoms. The van der Waals surface area contributed by atoms with Crippen molar-refractivity contribution in [1.29, 1.82) is 0 Å².